The molecule has 0 spiro atoms. The van der Waals surface area contributed by atoms with Crippen LogP contribution in [0.5, 0.6) is 0 Å². The molecule has 1 fully saturated rings. The minimum Gasteiger partial charge on any atom is -0.212 e. The third kappa shape index (κ3) is 4.70. The molecule has 1 rings (SSSR count). The van der Waals surface area contributed by atoms with Crippen molar-refractivity contribution in [2.75, 3.05) is 11.6 Å². The maximum absolute atomic E-state index is 11.8. The molecule has 0 aromatic heterocycles. The molecule has 0 bridgehead atoms. The van der Waals surface area contributed by atoms with Crippen LogP contribution in [0.3, 0.4) is 0 Å². The van der Waals surface area contributed by atoms with Crippen molar-refractivity contribution in [1.29, 1.82) is 0 Å². The summed E-state index contributed by atoms with van der Waals surface area (Å²) in [5, 5.41) is 0. The molecule has 15 heavy (non-hydrogen) atoms. The van der Waals surface area contributed by atoms with E-state index >= 15 is 0 Å². The van der Waals surface area contributed by atoms with E-state index in [1.165, 1.54) is 0 Å². The van der Waals surface area contributed by atoms with Crippen LogP contribution in [-0.2, 0) is 10.0 Å². The predicted octanol–water partition coefficient (Wildman–Crippen LogP) is 2.11. The molecule has 0 aromatic rings. The van der Waals surface area contributed by atoms with Crippen LogP contribution in [0.2, 0.25) is 0 Å². The van der Waals surface area contributed by atoms with Crippen LogP contribution < -0.4 is 4.72 Å². The summed E-state index contributed by atoms with van der Waals surface area (Å²) in [6.45, 7) is 3.89. The minimum atomic E-state index is -3.12. The number of sulfonamides is 1. The van der Waals surface area contributed by atoms with Gasteiger partial charge in [0.25, 0.3) is 0 Å². The van der Waals surface area contributed by atoms with Crippen molar-refractivity contribution in [3.63, 3.8) is 0 Å². The van der Waals surface area contributed by atoms with E-state index in [0.717, 1.165) is 19.3 Å². The highest BCUT2D eigenvalue weighted by molar-refractivity contribution is 7.89. The number of rotatable bonds is 7. The molecule has 0 saturated heterocycles. The van der Waals surface area contributed by atoms with Crippen LogP contribution in [0.1, 0.15) is 39.5 Å². The van der Waals surface area contributed by atoms with Gasteiger partial charge in [-0.1, -0.05) is 6.92 Å². The standard InChI is InChI=1S/C10H20ClNO2S/c1-3-10(2,6-7-11)12-15(13,14)8-9-4-5-9/h9,12H,3-8H2,1-2H3. The van der Waals surface area contributed by atoms with Gasteiger partial charge >= 0.3 is 0 Å². The fourth-order valence-electron chi connectivity index (χ4n) is 1.52. The largest absolute Gasteiger partial charge is 0.212 e. The summed E-state index contributed by atoms with van der Waals surface area (Å²) < 4.78 is 26.3. The van der Waals surface area contributed by atoms with Crippen LogP contribution in [0, 0.1) is 5.92 Å². The normalized spacial score (nSPS) is 21.3. The molecule has 90 valence electrons. The summed E-state index contributed by atoms with van der Waals surface area (Å²) in [4.78, 5) is 0. The monoisotopic (exact) mass is 253 g/mol. The van der Waals surface area contributed by atoms with Gasteiger partial charge in [0.1, 0.15) is 0 Å². The zero-order valence-electron chi connectivity index (χ0n) is 9.42. The average molecular weight is 254 g/mol. The highest BCUT2D eigenvalue weighted by atomic mass is 35.5. The molecule has 0 heterocycles. The van der Waals surface area contributed by atoms with E-state index in [2.05, 4.69) is 4.72 Å². The van der Waals surface area contributed by atoms with Crippen LogP contribution in [0.15, 0.2) is 0 Å². The first kappa shape index (κ1) is 13.3. The van der Waals surface area contributed by atoms with Gasteiger partial charge in [-0.2, -0.15) is 0 Å². The first-order valence-corrected chi connectivity index (χ1v) is 7.67. The summed E-state index contributed by atoms with van der Waals surface area (Å²) in [6, 6.07) is 0. The van der Waals surface area contributed by atoms with Crippen molar-refractivity contribution < 1.29 is 8.42 Å². The zero-order valence-corrected chi connectivity index (χ0v) is 11.0. The molecule has 1 saturated carbocycles. The highest BCUT2D eigenvalue weighted by Crippen LogP contribution is 2.30. The van der Waals surface area contributed by atoms with Crippen LogP contribution in [0.4, 0.5) is 0 Å². The molecule has 0 aromatic carbocycles. The first-order chi connectivity index (χ1) is 6.91. The van der Waals surface area contributed by atoms with E-state index in [-0.39, 0.29) is 11.3 Å². The van der Waals surface area contributed by atoms with Crippen molar-refractivity contribution in [3.8, 4) is 0 Å². The second kappa shape index (κ2) is 5.02. The third-order valence-electron chi connectivity index (χ3n) is 2.98. The van der Waals surface area contributed by atoms with E-state index in [9.17, 15) is 8.42 Å². The third-order valence-corrected chi connectivity index (χ3v) is 4.88. The molecule has 1 atom stereocenters. The van der Waals surface area contributed by atoms with Gasteiger partial charge in [-0.05, 0) is 38.5 Å². The van der Waals surface area contributed by atoms with Crippen molar-refractivity contribution in [3.05, 3.63) is 0 Å². The fourth-order valence-corrected chi connectivity index (χ4v) is 3.97. The Morgan fingerprint density at radius 3 is 2.47 bits per heavy atom. The average Bonchev–Trinajstić information content (AvgIpc) is 2.86. The topological polar surface area (TPSA) is 46.2 Å². The lowest BCUT2D eigenvalue weighted by Gasteiger charge is -2.28. The van der Waals surface area contributed by atoms with Crippen molar-refractivity contribution >= 4 is 21.6 Å². The molecule has 0 amide bonds. The molecule has 1 aliphatic rings. The van der Waals surface area contributed by atoms with Gasteiger partial charge in [0, 0.05) is 11.4 Å². The summed E-state index contributed by atoms with van der Waals surface area (Å²) in [5.41, 5.74) is -0.379. The van der Waals surface area contributed by atoms with E-state index in [1.54, 1.807) is 0 Å². The Hall–Kier alpha value is 0.200. The van der Waals surface area contributed by atoms with Gasteiger partial charge in [-0.25, -0.2) is 13.1 Å². The predicted molar refractivity (Wildman–Crippen MR) is 63.7 cm³/mol. The number of alkyl halides is 1. The van der Waals surface area contributed by atoms with Crippen LogP contribution >= 0.6 is 11.6 Å². The summed E-state index contributed by atoms with van der Waals surface area (Å²) >= 11 is 5.68. The van der Waals surface area contributed by atoms with Crippen molar-refractivity contribution in [1.82, 2.24) is 4.72 Å². The van der Waals surface area contributed by atoms with E-state index < -0.39 is 10.0 Å². The molecule has 1 N–H and O–H groups in total. The van der Waals surface area contributed by atoms with Gasteiger partial charge in [-0.3, -0.25) is 0 Å². The Morgan fingerprint density at radius 1 is 1.47 bits per heavy atom. The second-order valence-corrected chi connectivity index (χ2v) is 6.82. The Bertz CT molecular complexity index is 301. The highest BCUT2D eigenvalue weighted by Gasteiger charge is 2.32. The first-order valence-electron chi connectivity index (χ1n) is 5.48. The number of nitrogens with one attached hydrogen (secondary N) is 1. The molecule has 0 aliphatic heterocycles. The molecule has 1 unspecified atom stereocenters. The SMILES string of the molecule is CCC(C)(CCCl)NS(=O)(=O)CC1CC1. The van der Waals surface area contributed by atoms with Gasteiger partial charge in [0.15, 0.2) is 0 Å². The van der Waals surface area contributed by atoms with E-state index in [1.807, 2.05) is 13.8 Å². The van der Waals surface area contributed by atoms with E-state index in [0.29, 0.717) is 18.2 Å². The Labute approximate surface area is 97.6 Å². The Balaban J connectivity index is 2.55. The van der Waals surface area contributed by atoms with Gasteiger partial charge in [0.2, 0.25) is 10.0 Å². The second-order valence-electron chi connectivity index (χ2n) is 4.68. The lowest BCUT2D eigenvalue weighted by Crippen LogP contribution is -2.46. The van der Waals surface area contributed by atoms with Crippen LogP contribution in [0.25, 0.3) is 0 Å². The van der Waals surface area contributed by atoms with Crippen molar-refractivity contribution in [2.45, 2.75) is 45.1 Å². The summed E-state index contributed by atoms with van der Waals surface area (Å²) in [6.07, 6.45) is 3.55. The fraction of sp³-hybridized carbons (Fsp3) is 1.00. The summed E-state index contributed by atoms with van der Waals surface area (Å²) in [7, 11) is -3.12. The number of hydrogen-bond donors (Lipinski definition) is 1. The smallest absolute Gasteiger partial charge is 0.212 e. The molecular formula is C10H20ClNO2S. The Morgan fingerprint density at radius 2 is 2.07 bits per heavy atom. The van der Waals surface area contributed by atoms with Gasteiger partial charge in [0.05, 0.1) is 5.75 Å². The molecule has 3 nitrogen and oxygen atoms in total. The number of halogens is 1. The Kier molecular flexibility index (Phi) is 4.44. The molecular weight excluding hydrogens is 234 g/mol. The lowest BCUT2D eigenvalue weighted by molar-refractivity contribution is 0.390. The quantitative estimate of drug-likeness (QED) is 0.707. The minimum absolute atomic E-state index is 0.283. The van der Waals surface area contributed by atoms with Gasteiger partial charge in [-0.15, -0.1) is 11.6 Å². The van der Waals surface area contributed by atoms with E-state index in [4.69, 9.17) is 11.6 Å². The zero-order chi connectivity index (χ0) is 11.5. The molecule has 0 radical (unpaired) electrons. The molecule has 1 aliphatic carbocycles. The maximum atomic E-state index is 11.8. The number of hydrogen-bond acceptors (Lipinski definition) is 2. The lowest BCUT2D eigenvalue weighted by atomic mass is 9.97. The maximum Gasteiger partial charge on any atom is 0.212 e. The van der Waals surface area contributed by atoms with Gasteiger partial charge < -0.3 is 0 Å². The summed E-state index contributed by atoms with van der Waals surface area (Å²) in [5.74, 6) is 1.15. The van der Waals surface area contributed by atoms with Crippen molar-refractivity contribution in [2.24, 2.45) is 5.92 Å². The molecule has 5 heteroatoms. The van der Waals surface area contributed by atoms with Crippen LogP contribution in [-0.4, -0.2) is 25.6 Å².